The van der Waals surface area contributed by atoms with Crippen LogP contribution in [0.3, 0.4) is 0 Å². The Bertz CT molecular complexity index is 427. The average Bonchev–Trinajstić information content (AvgIpc) is 2.58. The molecule has 0 aliphatic heterocycles. The molecule has 100 valence electrons. The third-order valence-corrected chi connectivity index (χ3v) is 3.20. The summed E-state index contributed by atoms with van der Waals surface area (Å²) in [6.07, 6.45) is 1.05. The minimum Gasteiger partial charge on any atom is -0.369 e. The van der Waals surface area contributed by atoms with Crippen molar-refractivity contribution in [3.8, 4) is 6.07 Å². The average molecular weight is 249 g/mol. The van der Waals surface area contributed by atoms with Gasteiger partial charge in [0.05, 0.1) is 5.69 Å². The molecule has 0 aliphatic rings. The van der Waals surface area contributed by atoms with Crippen LogP contribution in [0.4, 0.5) is 5.82 Å². The molecule has 0 radical (unpaired) electrons. The Morgan fingerprint density at radius 1 is 1.50 bits per heavy atom. The predicted octanol–water partition coefficient (Wildman–Crippen LogP) is 1.74. The van der Waals surface area contributed by atoms with Crippen LogP contribution >= 0.6 is 0 Å². The molecule has 1 aromatic heterocycles. The number of anilines is 1. The molecular formula is C13H23N5. The van der Waals surface area contributed by atoms with Gasteiger partial charge >= 0.3 is 0 Å². The third-order valence-electron chi connectivity index (χ3n) is 3.20. The second kappa shape index (κ2) is 6.41. The van der Waals surface area contributed by atoms with Gasteiger partial charge < -0.3 is 10.2 Å². The van der Waals surface area contributed by atoms with E-state index in [-0.39, 0.29) is 0 Å². The van der Waals surface area contributed by atoms with Gasteiger partial charge in [0.15, 0.2) is 0 Å². The Balaban J connectivity index is 2.48. The van der Waals surface area contributed by atoms with Crippen molar-refractivity contribution in [3.63, 3.8) is 0 Å². The highest BCUT2D eigenvalue weighted by Gasteiger charge is 2.12. The monoisotopic (exact) mass is 249 g/mol. The lowest BCUT2D eigenvalue weighted by Crippen LogP contribution is -2.28. The van der Waals surface area contributed by atoms with Gasteiger partial charge in [-0.2, -0.15) is 10.4 Å². The lowest BCUT2D eigenvalue weighted by atomic mass is 10.2. The molecule has 0 aliphatic carbocycles. The molecule has 0 spiro atoms. The molecule has 1 aromatic rings. The van der Waals surface area contributed by atoms with Crippen LogP contribution < -0.4 is 5.32 Å². The van der Waals surface area contributed by atoms with Gasteiger partial charge in [0.2, 0.25) is 0 Å². The summed E-state index contributed by atoms with van der Waals surface area (Å²) in [5, 5.41) is 16.6. The highest BCUT2D eigenvalue weighted by molar-refractivity contribution is 5.54. The second-order valence-corrected chi connectivity index (χ2v) is 4.90. The molecule has 1 heterocycles. The summed E-state index contributed by atoms with van der Waals surface area (Å²) in [5.74, 6) is 0.821. The SMILES string of the molecule is Cc1nn(C)c(NCCCN(C)C(C)C)c1C#N. The largest absolute Gasteiger partial charge is 0.369 e. The van der Waals surface area contributed by atoms with Crippen LogP contribution in [0.1, 0.15) is 31.5 Å². The highest BCUT2D eigenvalue weighted by atomic mass is 15.3. The van der Waals surface area contributed by atoms with Crippen LogP contribution in [0.5, 0.6) is 0 Å². The number of rotatable bonds is 6. The summed E-state index contributed by atoms with van der Waals surface area (Å²) in [6, 6.07) is 2.76. The van der Waals surface area contributed by atoms with Gasteiger partial charge in [-0.25, -0.2) is 0 Å². The van der Waals surface area contributed by atoms with Crippen LogP contribution in [0, 0.1) is 18.3 Å². The number of nitrogens with one attached hydrogen (secondary N) is 1. The normalized spacial score (nSPS) is 11.0. The smallest absolute Gasteiger partial charge is 0.142 e. The fourth-order valence-corrected chi connectivity index (χ4v) is 1.79. The summed E-state index contributed by atoms with van der Waals surface area (Å²) < 4.78 is 1.74. The van der Waals surface area contributed by atoms with E-state index in [0.717, 1.165) is 31.0 Å². The first-order valence-electron chi connectivity index (χ1n) is 6.35. The first kappa shape index (κ1) is 14.5. The van der Waals surface area contributed by atoms with Gasteiger partial charge in [0.25, 0.3) is 0 Å². The molecule has 1 rings (SSSR count). The van der Waals surface area contributed by atoms with Crippen molar-refractivity contribution in [3.05, 3.63) is 11.3 Å². The van der Waals surface area contributed by atoms with E-state index in [1.165, 1.54) is 0 Å². The minimum atomic E-state index is 0.568. The summed E-state index contributed by atoms with van der Waals surface area (Å²) in [5.41, 5.74) is 1.43. The number of aryl methyl sites for hydroxylation is 2. The predicted molar refractivity (Wildman–Crippen MR) is 73.5 cm³/mol. The maximum absolute atomic E-state index is 9.08. The van der Waals surface area contributed by atoms with Crippen molar-refractivity contribution < 1.29 is 0 Å². The first-order chi connectivity index (χ1) is 8.47. The van der Waals surface area contributed by atoms with Gasteiger partial charge in [-0.05, 0) is 40.8 Å². The molecule has 5 heteroatoms. The second-order valence-electron chi connectivity index (χ2n) is 4.90. The van der Waals surface area contributed by atoms with Crippen LogP contribution in [0.2, 0.25) is 0 Å². The van der Waals surface area contributed by atoms with Gasteiger partial charge in [-0.15, -0.1) is 0 Å². The minimum absolute atomic E-state index is 0.568. The quantitative estimate of drug-likeness (QED) is 0.780. The molecule has 0 amide bonds. The van der Waals surface area contributed by atoms with Crippen molar-refractivity contribution in [1.82, 2.24) is 14.7 Å². The van der Waals surface area contributed by atoms with Gasteiger partial charge in [-0.3, -0.25) is 4.68 Å². The third kappa shape index (κ3) is 3.47. The molecule has 0 bridgehead atoms. The van der Waals surface area contributed by atoms with Crippen molar-refractivity contribution >= 4 is 5.82 Å². The number of hydrogen-bond donors (Lipinski definition) is 1. The van der Waals surface area contributed by atoms with Crippen LogP contribution in [-0.2, 0) is 7.05 Å². The Morgan fingerprint density at radius 2 is 2.17 bits per heavy atom. The molecular weight excluding hydrogens is 226 g/mol. The Kier molecular flexibility index (Phi) is 5.17. The Morgan fingerprint density at radius 3 is 2.72 bits per heavy atom. The first-order valence-corrected chi connectivity index (χ1v) is 6.35. The molecule has 0 atom stereocenters. The van der Waals surface area contributed by atoms with Gasteiger partial charge in [0, 0.05) is 19.6 Å². The van der Waals surface area contributed by atoms with Crippen LogP contribution in [0.25, 0.3) is 0 Å². The molecule has 0 saturated heterocycles. The molecule has 0 fully saturated rings. The molecule has 18 heavy (non-hydrogen) atoms. The van der Waals surface area contributed by atoms with E-state index < -0.39 is 0 Å². The van der Waals surface area contributed by atoms with Crippen molar-refractivity contribution in [2.75, 3.05) is 25.5 Å². The lowest BCUT2D eigenvalue weighted by Gasteiger charge is -2.20. The molecule has 0 aromatic carbocycles. The van der Waals surface area contributed by atoms with E-state index in [1.54, 1.807) is 4.68 Å². The topological polar surface area (TPSA) is 56.9 Å². The molecule has 5 nitrogen and oxygen atoms in total. The molecule has 0 saturated carbocycles. The van der Waals surface area contributed by atoms with E-state index in [2.05, 4.69) is 42.3 Å². The maximum atomic E-state index is 9.08. The zero-order chi connectivity index (χ0) is 13.7. The van der Waals surface area contributed by atoms with Gasteiger partial charge in [-0.1, -0.05) is 0 Å². The molecule has 0 unspecified atom stereocenters. The fourth-order valence-electron chi connectivity index (χ4n) is 1.79. The fraction of sp³-hybridized carbons (Fsp3) is 0.692. The highest BCUT2D eigenvalue weighted by Crippen LogP contribution is 2.16. The summed E-state index contributed by atoms with van der Waals surface area (Å²) >= 11 is 0. The lowest BCUT2D eigenvalue weighted by molar-refractivity contribution is 0.273. The van der Waals surface area contributed by atoms with E-state index >= 15 is 0 Å². The van der Waals surface area contributed by atoms with Crippen LogP contribution in [-0.4, -0.2) is 40.9 Å². The zero-order valence-corrected chi connectivity index (χ0v) is 12.0. The maximum Gasteiger partial charge on any atom is 0.142 e. The number of nitrogens with zero attached hydrogens (tertiary/aromatic N) is 4. The Labute approximate surface area is 109 Å². The van der Waals surface area contributed by atoms with Crippen LogP contribution in [0.15, 0.2) is 0 Å². The standard InChI is InChI=1S/C13H23N5/c1-10(2)17(4)8-6-7-15-13-12(9-14)11(3)16-18(13)5/h10,15H,6-8H2,1-5H3. The van der Waals surface area contributed by atoms with Crippen molar-refractivity contribution in [2.24, 2.45) is 7.05 Å². The number of aromatic nitrogens is 2. The summed E-state index contributed by atoms with van der Waals surface area (Å²) in [4.78, 5) is 2.31. The summed E-state index contributed by atoms with van der Waals surface area (Å²) in [6.45, 7) is 8.13. The Hall–Kier alpha value is -1.54. The van der Waals surface area contributed by atoms with E-state index in [0.29, 0.717) is 11.6 Å². The van der Waals surface area contributed by atoms with Crippen molar-refractivity contribution in [1.29, 1.82) is 5.26 Å². The molecule has 1 N–H and O–H groups in total. The number of hydrogen-bond acceptors (Lipinski definition) is 4. The van der Waals surface area contributed by atoms with Gasteiger partial charge in [0.1, 0.15) is 17.5 Å². The summed E-state index contributed by atoms with van der Waals surface area (Å²) in [7, 11) is 3.98. The zero-order valence-electron chi connectivity index (χ0n) is 12.0. The van der Waals surface area contributed by atoms with E-state index in [1.807, 2.05) is 14.0 Å². The van der Waals surface area contributed by atoms with Crippen molar-refractivity contribution in [2.45, 2.75) is 33.2 Å². The van der Waals surface area contributed by atoms with E-state index in [9.17, 15) is 0 Å². The van der Waals surface area contributed by atoms with E-state index in [4.69, 9.17) is 5.26 Å². The number of nitriles is 1.